The highest BCUT2D eigenvalue weighted by molar-refractivity contribution is 6.31. The molecule has 4 aromatic rings. The first-order valence-corrected chi connectivity index (χ1v) is 16.0. The maximum absolute atomic E-state index is 15.2. The summed E-state index contributed by atoms with van der Waals surface area (Å²) in [5, 5.41) is 22.7. The Labute approximate surface area is 292 Å². The van der Waals surface area contributed by atoms with Crippen LogP contribution in [0.2, 0.25) is 5.02 Å². The molecular formula is C34H28ClF4N7O5. The van der Waals surface area contributed by atoms with Crippen LogP contribution in [0.25, 0.3) is 11.8 Å². The molecule has 0 saturated carbocycles. The van der Waals surface area contributed by atoms with Crippen LogP contribution in [0.5, 0.6) is 0 Å². The summed E-state index contributed by atoms with van der Waals surface area (Å²) in [5.74, 6) is -5.33. The minimum Gasteiger partial charge on any atom is -0.478 e. The van der Waals surface area contributed by atoms with Gasteiger partial charge in [-0.05, 0) is 94.8 Å². The van der Waals surface area contributed by atoms with Crippen LogP contribution in [0.15, 0.2) is 67.0 Å². The number of carboxylic acids is 1. The van der Waals surface area contributed by atoms with Crippen LogP contribution < -0.4 is 5.32 Å². The molecule has 1 saturated heterocycles. The number of rotatable bonds is 7. The average molecular weight is 726 g/mol. The maximum Gasteiger partial charge on any atom is 0.471 e. The standard InChI is InChI=1S/C34H28ClF4N7O5/c35-26-9-10-27(46-18-40-42-43-46)25(29(26)36)8-11-28(47)45-17-14-23-22(19-12-15-44(16-13-19)33(51)34(37,38)39)2-1-3-24(23)30(45)31(48)41-21-6-4-20(5-7-21)32(49)50/h1-11,18-19,30H,12-17H2,(H,41,48)(H,49,50). The van der Waals surface area contributed by atoms with Crippen molar-refractivity contribution in [1.82, 2.24) is 30.0 Å². The molecule has 2 aliphatic rings. The number of fused-ring (bicyclic) bond motifs is 1. The summed E-state index contributed by atoms with van der Waals surface area (Å²) < 4.78 is 55.6. The van der Waals surface area contributed by atoms with Gasteiger partial charge in [0.2, 0.25) is 5.91 Å². The van der Waals surface area contributed by atoms with Gasteiger partial charge in [0, 0.05) is 37.0 Å². The number of hydrogen-bond acceptors (Lipinski definition) is 7. The Morgan fingerprint density at radius 3 is 2.31 bits per heavy atom. The van der Waals surface area contributed by atoms with Gasteiger partial charge in [-0.2, -0.15) is 17.9 Å². The van der Waals surface area contributed by atoms with E-state index in [9.17, 15) is 37.5 Å². The number of alkyl halides is 3. The highest BCUT2D eigenvalue weighted by Crippen LogP contribution is 2.39. The van der Waals surface area contributed by atoms with Gasteiger partial charge >= 0.3 is 18.1 Å². The lowest BCUT2D eigenvalue weighted by atomic mass is 9.80. The van der Waals surface area contributed by atoms with Crippen LogP contribution in [0.4, 0.5) is 23.2 Å². The minimum absolute atomic E-state index is 0.000124. The van der Waals surface area contributed by atoms with Crippen molar-refractivity contribution < 1.29 is 41.8 Å². The molecule has 17 heteroatoms. The normalized spacial score (nSPS) is 16.6. The Morgan fingerprint density at radius 1 is 0.961 bits per heavy atom. The first-order valence-electron chi connectivity index (χ1n) is 15.7. The molecule has 1 fully saturated rings. The molecule has 3 aromatic carbocycles. The number of carbonyl (C=O) groups excluding carboxylic acids is 3. The third-order valence-corrected chi connectivity index (χ3v) is 9.24. The molecule has 3 heterocycles. The van der Waals surface area contributed by atoms with E-state index in [1.54, 1.807) is 12.1 Å². The SMILES string of the molecule is O=C(O)c1ccc(NC(=O)C2c3cccc(C4CCN(C(=O)C(F)(F)F)CC4)c3CCN2C(=O)C=Cc2c(-n3cnnn3)ccc(Cl)c2F)cc1. The van der Waals surface area contributed by atoms with E-state index >= 15 is 4.39 Å². The second kappa shape index (κ2) is 14.3. The summed E-state index contributed by atoms with van der Waals surface area (Å²) in [6, 6.07) is 12.2. The van der Waals surface area contributed by atoms with E-state index in [4.69, 9.17) is 11.6 Å². The van der Waals surface area contributed by atoms with Crippen LogP contribution >= 0.6 is 11.6 Å². The summed E-state index contributed by atoms with van der Waals surface area (Å²) in [4.78, 5) is 53.2. The monoisotopic (exact) mass is 725 g/mol. The fraction of sp³-hybridized carbons (Fsp3) is 0.265. The Bertz CT molecular complexity index is 2010. The molecule has 0 aliphatic carbocycles. The Morgan fingerprint density at radius 2 is 1.67 bits per heavy atom. The van der Waals surface area contributed by atoms with Gasteiger partial charge in [-0.15, -0.1) is 5.10 Å². The number of amides is 3. The Hall–Kier alpha value is -5.64. The number of aromatic nitrogens is 4. The summed E-state index contributed by atoms with van der Waals surface area (Å²) in [7, 11) is 0. The highest BCUT2D eigenvalue weighted by atomic mass is 35.5. The predicted molar refractivity (Wildman–Crippen MR) is 174 cm³/mol. The number of halogens is 5. The van der Waals surface area contributed by atoms with Gasteiger partial charge in [0.15, 0.2) is 5.82 Å². The van der Waals surface area contributed by atoms with Gasteiger partial charge in [-0.1, -0.05) is 29.8 Å². The van der Waals surface area contributed by atoms with Crippen molar-refractivity contribution in [1.29, 1.82) is 0 Å². The molecule has 1 aromatic heterocycles. The van der Waals surface area contributed by atoms with E-state index in [0.29, 0.717) is 12.0 Å². The predicted octanol–water partition coefficient (Wildman–Crippen LogP) is 5.20. The number of tetrazole rings is 1. The number of piperidine rings is 1. The first kappa shape index (κ1) is 35.2. The number of likely N-dealkylation sites (tertiary alicyclic amines) is 1. The lowest BCUT2D eigenvalue weighted by molar-refractivity contribution is -0.186. The zero-order valence-corrected chi connectivity index (χ0v) is 27.2. The fourth-order valence-corrected chi connectivity index (χ4v) is 6.68. The number of nitrogens with zero attached hydrogens (tertiary/aromatic N) is 6. The molecule has 6 rings (SSSR count). The molecule has 3 amide bonds. The molecule has 0 bridgehead atoms. The second-order valence-corrected chi connectivity index (χ2v) is 12.3. The minimum atomic E-state index is -4.97. The molecule has 0 radical (unpaired) electrons. The molecule has 12 nitrogen and oxygen atoms in total. The quantitative estimate of drug-likeness (QED) is 0.195. The number of benzene rings is 3. The number of hydrogen-bond donors (Lipinski definition) is 2. The number of anilines is 1. The Kier molecular flexibility index (Phi) is 9.87. The summed E-state index contributed by atoms with van der Waals surface area (Å²) >= 11 is 6.04. The fourth-order valence-electron chi connectivity index (χ4n) is 6.52. The van der Waals surface area contributed by atoms with Crippen molar-refractivity contribution >= 4 is 47.1 Å². The lowest BCUT2D eigenvalue weighted by Gasteiger charge is -2.39. The molecule has 2 aliphatic heterocycles. The van der Waals surface area contributed by atoms with Crippen LogP contribution in [-0.2, 0) is 20.8 Å². The summed E-state index contributed by atoms with van der Waals surface area (Å²) in [6.07, 6.45) is -0.579. The second-order valence-electron chi connectivity index (χ2n) is 11.9. The van der Waals surface area contributed by atoms with E-state index in [2.05, 4.69) is 20.8 Å². The van der Waals surface area contributed by atoms with Crippen molar-refractivity contribution in [3.8, 4) is 5.69 Å². The number of aromatic carboxylic acids is 1. The van der Waals surface area contributed by atoms with Crippen LogP contribution in [0, 0.1) is 5.82 Å². The van der Waals surface area contributed by atoms with Gasteiger partial charge in [0.25, 0.3) is 5.91 Å². The van der Waals surface area contributed by atoms with Gasteiger partial charge in [0.05, 0.1) is 16.3 Å². The molecular weight excluding hydrogens is 698 g/mol. The summed E-state index contributed by atoms with van der Waals surface area (Å²) in [5.41, 5.74) is 2.43. The molecule has 264 valence electrons. The van der Waals surface area contributed by atoms with Crippen molar-refractivity contribution in [3.63, 3.8) is 0 Å². The van der Waals surface area contributed by atoms with Crippen molar-refractivity contribution in [2.75, 3.05) is 25.0 Å². The third kappa shape index (κ3) is 7.31. The molecule has 51 heavy (non-hydrogen) atoms. The van der Waals surface area contributed by atoms with Crippen LogP contribution in [0.1, 0.15) is 57.4 Å². The lowest BCUT2D eigenvalue weighted by Crippen LogP contribution is -2.46. The summed E-state index contributed by atoms with van der Waals surface area (Å²) in [6.45, 7) is -0.136. The topological polar surface area (TPSA) is 151 Å². The van der Waals surface area contributed by atoms with Gasteiger partial charge < -0.3 is 20.2 Å². The molecule has 1 unspecified atom stereocenters. The largest absolute Gasteiger partial charge is 0.478 e. The van der Waals surface area contributed by atoms with E-state index in [1.807, 2.05) is 6.07 Å². The number of nitrogens with one attached hydrogen (secondary N) is 1. The van der Waals surface area contributed by atoms with Crippen LogP contribution in [-0.4, -0.2) is 84.6 Å². The molecule has 0 spiro atoms. The van der Waals surface area contributed by atoms with Gasteiger partial charge in [0.1, 0.15) is 12.4 Å². The zero-order valence-electron chi connectivity index (χ0n) is 26.5. The molecule has 1 atom stereocenters. The van der Waals surface area contributed by atoms with Gasteiger partial charge in [-0.3, -0.25) is 14.4 Å². The van der Waals surface area contributed by atoms with E-state index in [0.717, 1.165) is 22.1 Å². The zero-order chi connectivity index (χ0) is 36.4. The van der Waals surface area contributed by atoms with Crippen molar-refractivity contribution in [2.45, 2.75) is 37.4 Å². The van der Waals surface area contributed by atoms with Crippen molar-refractivity contribution in [2.24, 2.45) is 0 Å². The van der Waals surface area contributed by atoms with E-state index in [1.165, 1.54) is 58.4 Å². The first-order chi connectivity index (χ1) is 24.3. The highest BCUT2D eigenvalue weighted by Gasteiger charge is 2.44. The van der Waals surface area contributed by atoms with E-state index < -0.39 is 41.7 Å². The smallest absolute Gasteiger partial charge is 0.471 e. The molecule has 2 N–H and O–H groups in total. The number of carboxylic acid groups (broad SMARTS) is 1. The Balaban J connectivity index is 1.32. The average Bonchev–Trinajstić information content (AvgIpc) is 3.66. The maximum atomic E-state index is 15.2. The van der Waals surface area contributed by atoms with Gasteiger partial charge in [-0.25, -0.2) is 9.18 Å². The third-order valence-electron chi connectivity index (χ3n) is 8.95. The van der Waals surface area contributed by atoms with Crippen molar-refractivity contribution in [3.05, 3.63) is 106 Å². The number of carbonyl (C=O) groups is 4. The van der Waals surface area contributed by atoms with Crippen LogP contribution in [0.3, 0.4) is 0 Å². The van der Waals surface area contributed by atoms with E-state index in [-0.39, 0.29) is 65.9 Å².